The second-order valence-electron chi connectivity index (χ2n) is 7.83. The van der Waals surface area contributed by atoms with Gasteiger partial charge in [-0.2, -0.15) is 0 Å². The van der Waals surface area contributed by atoms with Gasteiger partial charge in [0, 0.05) is 5.69 Å². The minimum atomic E-state index is -4.08. The molecule has 1 aliphatic rings. The highest BCUT2D eigenvalue weighted by Crippen LogP contribution is 2.36. The number of nitrogens with zero attached hydrogens (tertiary/aromatic N) is 1. The number of anilines is 2. The average molecular weight is 488 g/mol. The van der Waals surface area contributed by atoms with E-state index in [0.717, 1.165) is 12.1 Å². The molecule has 1 fully saturated rings. The van der Waals surface area contributed by atoms with Crippen molar-refractivity contribution in [3.63, 3.8) is 0 Å². The summed E-state index contributed by atoms with van der Waals surface area (Å²) < 4.78 is 76.1. The maximum absolute atomic E-state index is 12.8. The summed E-state index contributed by atoms with van der Waals surface area (Å²) in [7, 11) is -11.9. The lowest BCUT2D eigenvalue weighted by Crippen LogP contribution is -2.33. The van der Waals surface area contributed by atoms with Crippen LogP contribution in [0.5, 0.6) is 0 Å². The monoisotopic (exact) mass is 487 g/mol. The second kappa shape index (κ2) is 7.29. The first kappa shape index (κ1) is 23.2. The molecule has 0 saturated carbocycles. The van der Waals surface area contributed by atoms with E-state index in [0.29, 0.717) is 4.31 Å². The Hall–Kier alpha value is -2.48. The minimum absolute atomic E-state index is 0.0598. The van der Waals surface area contributed by atoms with Crippen molar-refractivity contribution in [1.82, 2.24) is 0 Å². The molecule has 31 heavy (non-hydrogen) atoms. The lowest BCUT2D eigenvalue weighted by Gasteiger charge is -2.19. The van der Waals surface area contributed by atoms with Crippen LogP contribution in [0.3, 0.4) is 0 Å². The number of carbonyl (C=O) groups excluding carboxylic acids is 1. The van der Waals surface area contributed by atoms with Gasteiger partial charge in [0.25, 0.3) is 10.0 Å². The van der Waals surface area contributed by atoms with Crippen LogP contribution in [0.1, 0.15) is 19.4 Å². The number of hydrogen-bond donors (Lipinski definition) is 2. The van der Waals surface area contributed by atoms with Gasteiger partial charge in [-0.1, -0.05) is 0 Å². The predicted molar refractivity (Wildman–Crippen MR) is 115 cm³/mol. The van der Waals surface area contributed by atoms with Gasteiger partial charge in [0.1, 0.15) is 0 Å². The minimum Gasteiger partial charge on any atom is -0.280 e. The molecule has 0 atom stereocenters. The average Bonchev–Trinajstić information content (AvgIpc) is 2.76. The van der Waals surface area contributed by atoms with E-state index in [1.165, 1.54) is 51.1 Å². The van der Waals surface area contributed by atoms with Gasteiger partial charge in [-0.3, -0.25) is 9.52 Å². The van der Waals surface area contributed by atoms with Crippen LogP contribution in [0.2, 0.25) is 0 Å². The largest absolute Gasteiger partial charge is 0.280 e. The van der Waals surface area contributed by atoms with Gasteiger partial charge < -0.3 is 0 Å². The number of amides is 1. The zero-order valence-corrected chi connectivity index (χ0v) is 19.3. The second-order valence-corrected chi connectivity index (χ2v) is 12.9. The van der Waals surface area contributed by atoms with Crippen molar-refractivity contribution in [1.29, 1.82) is 0 Å². The summed E-state index contributed by atoms with van der Waals surface area (Å²) in [5.74, 6) is -0.927. The molecule has 0 unspecified atom stereocenters. The fourth-order valence-electron chi connectivity index (χ4n) is 3.25. The first-order valence-corrected chi connectivity index (χ1v) is 13.5. The molecule has 1 heterocycles. The van der Waals surface area contributed by atoms with E-state index in [-0.39, 0.29) is 32.5 Å². The first-order valence-electron chi connectivity index (χ1n) is 8.88. The Kier molecular flexibility index (Phi) is 5.45. The van der Waals surface area contributed by atoms with Gasteiger partial charge in [0.2, 0.25) is 26.0 Å². The Morgan fingerprint density at radius 2 is 1.61 bits per heavy atom. The highest BCUT2D eigenvalue weighted by molar-refractivity contribution is 7.94. The van der Waals surface area contributed by atoms with Crippen molar-refractivity contribution >= 4 is 47.4 Å². The van der Waals surface area contributed by atoms with Gasteiger partial charge in [0.15, 0.2) is 0 Å². The molecular formula is C18H21N3O7S3. The number of carbonyl (C=O) groups is 1. The third-order valence-electron chi connectivity index (χ3n) is 4.70. The normalized spacial score (nSPS) is 18.2. The Bertz CT molecular complexity index is 1380. The van der Waals surface area contributed by atoms with Gasteiger partial charge in [0.05, 0.1) is 26.6 Å². The van der Waals surface area contributed by atoms with E-state index in [9.17, 15) is 30.0 Å². The SMILES string of the molecule is Cc1cc(N2C(=O)C(C)(C)CS2(=O)=O)ccc1S(=O)(=O)Nc1ccc(S(N)(=O)=O)cc1. The third kappa shape index (κ3) is 4.44. The van der Waals surface area contributed by atoms with Gasteiger partial charge in [-0.25, -0.2) is 34.7 Å². The standard InChI is InChI=1S/C18H21N3O7S3/c1-12-10-14(21-17(22)18(2,3)11-29(21,23)24)6-9-16(12)31(27,28)20-13-4-7-15(8-5-13)30(19,25)26/h4-10,20H,11H2,1-3H3,(H2,19,25,26). The molecule has 0 spiro atoms. The Morgan fingerprint density at radius 3 is 2.06 bits per heavy atom. The van der Waals surface area contributed by atoms with Crippen LogP contribution in [0.4, 0.5) is 11.4 Å². The molecule has 0 aromatic heterocycles. The van der Waals surface area contributed by atoms with E-state index in [1.807, 2.05) is 0 Å². The topological polar surface area (TPSA) is 161 Å². The number of nitrogens with two attached hydrogens (primary N) is 1. The van der Waals surface area contributed by atoms with Crippen LogP contribution in [-0.4, -0.2) is 36.9 Å². The fourth-order valence-corrected chi connectivity index (χ4v) is 7.15. The molecule has 0 bridgehead atoms. The molecule has 3 rings (SSSR count). The van der Waals surface area contributed by atoms with Crippen molar-refractivity contribution in [3.8, 4) is 0 Å². The molecule has 0 radical (unpaired) electrons. The molecule has 1 saturated heterocycles. The summed E-state index contributed by atoms with van der Waals surface area (Å²) in [6.45, 7) is 4.54. The Morgan fingerprint density at radius 1 is 1.03 bits per heavy atom. The van der Waals surface area contributed by atoms with Crippen LogP contribution in [0.25, 0.3) is 0 Å². The number of nitrogens with one attached hydrogen (secondary N) is 1. The summed E-state index contributed by atoms with van der Waals surface area (Å²) in [5.41, 5.74) is -0.694. The number of sulfonamides is 3. The van der Waals surface area contributed by atoms with Gasteiger partial charge >= 0.3 is 0 Å². The van der Waals surface area contributed by atoms with Crippen molar-refractivity contribution in [2.75, 3.05) is 14.8 Å². The highest BCUT2D eigenvalue weighted by Gasteiger charge is 2.50. The molecule has 2 aromatic carbocycles. The van der Waals surface area contributed by atoms with E-state index in [1.54, 1.807) is 0 Å². The Labute approximate surface area is 181 Å². The van der Waals surface area contributed by atoms with E-state index >= 15 is 0 Å². The molecule has 168 valence electrons. The van der Waals surface area contributed by atoms with Crippen LogP contribution in [-0.2, 0) is 34.9 Å². The zero-order chi connectivity index (χ0) is 23.4. The highest BCUT2D eigenvalue weighted by atomic mass is 32.2. The van der Waals surface area contributed by atoms with Crippen LogP contribution in [0.15, 0.2) is 52.3 Å². The third-order valence-corrected chi connectivity index (χ3v) is 9.19. The molecule has 1 amide bonds. The summed E-state index contributed by atoms with van der Waals surface area (Å²) in [6.07, 6.45) is 0. The van der Waals surface area contributed by atoms with E-state index in [4.69, 9.17) is 5.14 Å². The molecule has 2 aromatic rings. The van der Waals surface area contributed by atoms with E-state index in [2.05, 4.69) is 4.72 Å². The molecule has 10 nitrogen and oxygen atoms in total. The van der Waals surface area contributed by atoms with Gasteiger partial charge in [-0.15, -0.1) is 0 Å². The van der Waals surface area contributed by atoms with Gasteiger partial charge in [-0.05, 0) is 68.8 Å². The van der Waals surface area contributed by atoms with Crippen molar-refractivity contribution in [2.24, 2.45) is 10.6 Å². The maximum atomic E-state index is 12.8. The molecular weight excluding hydrogens is 466 g/mol. The van der Waals surface area contributed by atoms with Crippen molar-refractivity contribution in [3.05, 3.63) is 48.0 Å². The number of hydrogen-bond acceptors (Lipinski definition) is 7. The van der Waals surface area contributed by atoms with Crippen LogP contribution >= 0.6 is 0 Å². The Balaban J connectivity index is 1.93. The first-order chi connectivity index (χ1) is 14.0. The predicted octanol–water partition coefficient (Wildman–Crippen LogP) is 1.15. The lowest BCUT2D eigenvalue weighted by atomic mass is 9.95. The zero-order valence-electron chi connectivity index (χ0n) is 16.9. The number of rotatable bonds is 5. The fraction of sp³-hybridized carbons (Fsp3) is 0.278. The van der Waals surface area contributed by atoms with Crippen LogP contribution < -0.4 is 14.2 Å². The summed E-state index contributed by atoms with van der Waals surface area (Å²) in [6, 6.07) is 8.60. The molecule has 1 aliphatic heterocycles. The molecule has 13 heteroatoms. The van der Waals surface area contributed by atoms with E-state index < -0.39 is 41.4 Å². The van der Waals surface area contributed by atoms with Crippen molar-refractivity contribution in [2.45, 2.75) is 30.6 Å². The molecule has 3 N–H and O–H groups in total. The molecule has 0 aliphatic carbocycles. The maximum Gasteiger partial charge on any atom is 0.262 e. The summed E-state index contributed by atoms with van der Waals surface area (Å²) in [5, 5.41) is 5.02. The number of aryl methyl sites for hydroxylation is 1. The van der Waals surface area contributed by atoms with Crippen LogP contribution in [0, 0.1) is 12.3 Å². The summed E-state index contributed by atoms with van der Waals surface area (Å²) >= 11 is 0. The lowest BCUT2D eigenvalue weighted by molar-refractivity contribution is -0.123. The summed E-state index contributed by atoms with van der Waals surface area (Å²) in [4.78, 5) is 12.2. The van der Waals surface area contributed by atoms with Crippen molar-refractivity contribution < 1.29 is 30.0 Å². The number of primary sulfonamides is 1. The smallest absolute Gasteiger partial charge is 0.262 e. The number of benzene rings is 2. The quantitative estimate of drug-likeness (QED) is 0.639.